The lowest BCUT2D eigenvalue weighted by Gasteiger charge is -2.08. The van der Waals surface area contributed by atoms with Crippen LogP contribution in [-0.4, -0.2) is 22.8 Å². The van der Waals surface area contributed by atoms with Gasteiger partial charge in [0.15, 0.2) is 0 Å². The Morgan fingerprint density at radius 1 is 1.19 bits per heavy atom. The van der Waals surface area contributed by atoms with E-state index in [0.717, 1.165) is 32.9 Å². The van der Waals surface area contributed by atoms with Crippen molar-refractivity contribution in [1.29, 1.82) is 0 Å². The molecule has 0 bridgehead atoms. The smallest absolute Gasteiger partial charge is 0.255 e. The van der Waals surface area contributed by atoms with Crippen molar-refractivity contribution < 1.29 is 9.53 Å². The lowest BCUT2D eigenvalue weighted by Crippen LogP contribution is -2.13. The number of hydrogen-bond donors (Lipinski definition) is 1. The van der Waals surface area contributed by atoms with Gasteiger partial charge in [-0.1, -0.05) is 28.1 Å². The number of nitrogens with zero attached hydrogens (tertiary/aromatic N) is 2. The number of amides is 1. The molecule has 0 radical (unpaired) electrons. The van der Waals surface area contributed by atoms with Gasteiger partial charge in [0.05, 0.1) is 30.7 Å². The zero-order chi connectivity index (χ0) is 18.7. The molecule has 0 saturated heterocycles. The molecule has 0 saturated carbocycles. The number of benzene rings is 2. The molecule has 1 heterocycles. The summed E-state index contributed by atoms with van der Waals surface area (Å²) in [5.41, 5.74) is 4.14. The number of aryl methyl sites for hydroxylation is 1. The zero-order valence-corrected chi connectivity index (χ0v) is 16.5. The third-order valence-corrected chi connectivity index (χ3v) is 4.72. The van der Waals surface area contributed by atoms with Crippen LogP contribution < -0.4 is 10.1 Å². The van der Waals surface area contributed by atoms with Gasteiger partial charge < -0.3 is 10.1 Å². The van der Waals surface area contributed by atoms with Crippen LogP contribution in [0.5, 0.6) is 5.75 Å². The van der Waals surface area contributed by atoms with Crippen molar-refractivity contribution in [2.24, 2.45) is 0 Å². The Hall–Kier alpha value is -2.60. The molecule has 0 aliphatic heterocycles. The molecule has 0 spiro atoms. The first-order valence-corrected chi connectivity index (χ1v) is 9.01. The van der Waals surface area contributed by atoms with E-state index < -0.39 is 0 Å². The number of anilines is 1. The van der Waals surface area contributed by atoms with Crippen LogP contribution in [0.2, 0.25) is 0 Å². The molecule has 0 unspecified atom stereocenters. The summed E-state index contributed by atoms with van der Waals surface area (Å²) in [6.07, 6.45) is 0. The van der Waals surface area contributed by atoms with Crippen molar-refractivity contribution in [3.05, 3.63) is 75.5 Å². The van der Waals surface area contributed by atoms with Gasteiger partial charge in [-0.15, -0.1) is 0 Å². The fourth-order valence-electron chi connectivity index (χ4n) is 2.76. The number of nitrogens with one attached hydrogen (secondary N) is 1. The van der Waals surface area contributed by atoms with Crippen molar-refractivity contribution in [3.63, 3.8) is 0 Å². The fraction of sp³-hybridized carbons (Fsp3) is 0.200. The maximum Gasteiger partial charge on any atom is 0.255 e. The molecular weight excluding hydrogens is 394 g/mol. The zero-order valence-electron chi connectivity index (χ0n) is 14.9. The molecule has 2 aromatic carbocycles. The van der Waals surface area contributed by atoms with Crippen LogP contribution in [-0.2, 0) is 6.54 Å². The van der Waals surface area contributed by atoms with Crippen LogP contribution in [0.25, 0.3) is 0 Å². The molecule has 0 aliphatic rings. The van der Waals surface area contributed by atoms with Crippen molar-refractivity contribution in [2.45, 2.75) is 20.4 Å². The minimum Gasteiger partial charge on any atom is -0.497 e. The topological polar surface area (TPSA) is 56.1 Å². The Morgan fingerprint density at radius 3 is 2.62 bits per heavy atom. The van der Waals surface area contributed by atoms with Gasteiger partial charge in [-0.05, 0) is 55.8 Å². The third-order valence-electron chi connectivity index (χ3n) is 4.19. The second-order valence-electron chi connectivity index (χ2n) is 6.02. The molecule has 3 aromatic rings. The number of halogens is 1. The summed E-state index contributed by atoms with van der Waals surface area (Å²) in [6, 6.07) is 15.1. The van der Waals surface area contributed by atoms with Gasteiger partial charge >= 0.3 is 0 Å². The minimum absolute atomic E-state index is 0.148. The fourth-order valence-corrected chi connectivity index (χ4v) is 3.03. The summed E-state index contributed by atoms with van der Waals surface area (Å²) in [4.78, 5) is 12.5. The third kappa shape index (κ3) is 3.96. The van der Waals surface area contributed by atoms with Crippen LogP contribution in [0.4, 0.5) is 5.69 Å². The highest BCUT2D eigenvalue weighted by Gasteiger charge is 2.15. The second-order valence-corrected chi connectivity index (χ2v) is 6.93. The molecule has 5 nitrogen and oxygen atoms in total. The van der Waals surface area contributed by atoms with Gasteiger partial charge in [0.1, 0.15) is 5.75 Å². The molecule has 0 atom stereocenters. The van der Waals surface area contributed by atoms with Crippen LogP contribution in [0, 0.1) is 13.8 Å². The Balaban J connectivity index is 1.81. The van der Waals surface area contributed by atoms with Crippen LogP contribution in [0.1, 0.15) is 27.3 Å². The molecule has 1 amide bonds. The highest BCUT2D eigenvalue weighted by molar-refractivity contribution is 9.10. The first kappa shape index (κ1) is 18.2. The summed E-state index contributed by atoms with van der Waals surface area (Å²) >= 11 is 3.38. The Bertz CT molecular complexity index is 933. The van der Waals surface area contributed by atoms with Gasteiger partial charge in [-0.3, -0.25) is 9.48 Å². The van der Waals surface area contributed by atoms with Crippen molar-refractivity contribution in [1.82, 2.24) is 9.78 Å². The number of carbonyl (C=O) groups is 1. The first-order valence-electron chi connectivity index (χ1n) is 8.22. The first-order chi connectivity index (χ1) is 12.5. The van der Waals surface area contributed by atoms with Gasteiger partial charge in [0, 0.05) is 10.0 Å². The normalized spacial score (nSPS) is 10.6. The number of ether oxygens (including phenoxy) is 1. The summed E-state index contributed by atoms with van der Waals surface area (Å²) in [5, 5.41) is 7.56. The van der Waals surface area contributed by atoms with E-state index in [2.05, 4.69) is 26.3 Å². The van der Waals surface area contributed by atoms with E-state index in [0.29, 0.717) is 12.1 Å². The average molecular weight is 414 g/mol. The van der Waals surface area contributed by atoms with Gasteiger partial charge in [-0.25, -0.2) is 0 Å². The number of rotatable bonds is 5. The number of methoxy groups -OCH3 is 1. The van der Waals surface area contributed by atoms with Gasteiger partial charge in [0.25, 0.3) is 5.91 Å². The molecule has 3 rings (SSSR count). The van der Waals surface area contributed by atoms with E-state index >= 15 is 0 Å². The Labute approximate surface area is 161 Å². The molecule has 1 aromatic heterocycles. The van der Waals surface area contributed by atoms with Crippen molar-refractivity contribution in [3.8, 4) is 5.75 Å². The standard InChI is InChI=1S/C20H20BrN3O2/c1-13-19(22-20(25)16-7-9-17(21)10-8-16)14(2)24(23-13)12-15-5-4-6-18(11-15)26-3/h4-11H,12H2,1-3H3,(H,22,25). The maximum absolute atomic E-state index is 12.5. The Kier molecular flexibility index (Phi) is 5.42. The molecule has 134 valence electrons. The van der Waals surface area contributed by atoms with E-state index in [9.17, 15) is 4.79 Å². The predicted molar refractivity (Wildman–Crippen MR) is 106 cm³/mol. The van der Waals surface area contributed by atoms with Crippen molar-refractivity contribution >= 4 is 27.5 Å². The molecule has 6 heteroatoms. The lowest BCUT2D eigenvalue weighted by molar-refractivity contribution is 0.102. The highest BCUT2D eigenvalue weighted by Crippen LogP contribution is 2.22. The van der Waals surface area contributed by atoms with Crippen molar-refractivity contribution in [2.75, 3.05) is 12.4 Å². The monoisotopic (exact) mass is 413 g/mol. The molecule has 0 fully saturated rings. The minimum atomic E-state index is -0.148. The lowest BCUT2D eigenvalue weighted by atomic mass is 10.2. The van der Waals surface area contributed by atoms with Crippen LogP contribution in [0.15, 0.2) is 53.0 Å². The van der Waals surface area contributed by atoms with E-state index in [4.69, 9.17) is 4.74 Å². The molecule has 1 N–H and O–H groups in total. The number of carbonyl (C=O) groups excluding carboxylic acids is 1. The quantitative estimate of drug-likeness (QED) is 0.666. The summed E-state index contributed by atoms with van der Waals surface area (Å²) < 4.78 is 8.10. The van der Waals surface area contributed by atoms with E-state index in [1.165, 1.54) is 0 Å². The molecular formula is C20H20BrN3O2. The summed E-state index contributed by atoms with van der Waals surface area (Å²) in [7, 11) is 1.65. The summed E-state index contributed by atoms with van der Waals surface area (Å²) in [5.74, 6) is 0.664. The highest BCUT2D eigenvalue weighted by atomic mass is 79.9. The molecule has 26 heavy (non-hydrogen) atoms. The van der Waals surface area contributed by atoms with Crippen LogP contribution >= 0.6 is 15.9 Å². The Morgan fingerprint density at radius 2 is 1.92 bits per heavy atom. The van der Waals surface area contributed by atoms with Gasteiger partial charge in [-0.2, -0.15) is 5.10 Å². The SMILES string of the molecule is COc1cccc(Cn2nc(C)c(NC(=O)c3ccc(Br)cc3)c2C)c1. The van der Waals surface area contributed by atoms with E-state index in [1.54, 1.807) is 19.2 Å². The van der Waals surface area contributed by atoms with E-state index in [1.807, 2.05) is 54.9 Å². The number of hydrogen-bond acceptors (Lipinski definition) is 3. The van der Waals surface area contributed by atoms with Crippen LogP contribution in [0.3, 0.4) is 0 Å². The van der Waals surface area contributed by atoms with E-state index in [-0.39, 0.29) is 5.91 Å². The molecule has 0 aliphatic carbocycles. The largest absolute Gasteiger partial charge is 0.497 e. The average Bonchev–Trinajstić information content (AvgIpc) is 2.90. The maximum atomic E-state index is 12.5. The summed E-state index contributed by atoms with van der Waals surface area (Å²) in [6.45, 7) is 4.46. The number of aromatic nitrogens is 2. The van der Waals surface area contributed by atoms with Gasteiger partial charge in [0.2, 0.25) is 0 Å². The predicted octanol–water partition coefficient (Wildman–Crippen LogP) is 4.57. The second kappa shape index (κ2) is 7.74.